The lowest BCUT2D eigenvalue weighted by molar-refractivity contribution is -0.141. The van der Waals surface area contributed by atoms with Gasteiger partial charge in [0, 0.05) is 20.2 Å². The van der Waals surface area contributed by atoms with Crippen molar-refractivity contribution in [2.24, 2.45) is 0 Å². The summed E-state index contributed by atoms with van der Waals surface area (Å²) in [5.41, 5.74) is 1.20. The molecule has 1 unspecified atom stereocenters. The molecule has 0 radical (unpaired) electrons. The number of benzene rings is 2. The van der Waals surface area contributed by atoms with Gasteiger partial charge < -0.3 is 14.9 Å². The van der Waals surface area contributed by atoms with E-state index in [1.54, 1.807) is 0 Å². The Labute approximate surface area is 143 Å². The highest BCUT2D eigenvalue weighted by Crippen LogP contribution is 2.36. The Morgan fingerprint density at radius 3 is 2.04 bits per heavy atom. The molecule has 1 saturated heterocycles. The molecule has 4 heteroatoms. The zero-order valence-electron chi connectivity index (χ0n) is 14.0. The number of rotatable bonds is 5. The van der Waals surface area contributed by atoms with Crippen molar-refractivity contribution in [1.29, 1.82) is 0 Å². The van der Waals surface area contributed by atoms with Crippen LogP contribution in [0.1, 0.15) is 30.0 Å². The van der Waals surface area contributed by atoms with E-state index < -0.39 is 11.9 Å². The van der Waals surface area contributed by atoms with Crippen LogP contribution in [-0.2, 0) is 10.3 Å². The van der Waals surface area contributed by atoms with Crippen LogP contribution in [0.3, 0.4) is 0 Å². The van der Waals surface area contributed by atoms with Crippen molar-refractivity contribution in [3.05, 3.63) is 71.8 Å². The molecule has 4 nitrogen and oxygen atoms in total. The van der Waals surface area contributed by atoms with Crippen LogP contribution in [0.5, 0.6) is 0 Å². The van der Waals surface area contributed by atoms with Crippen LogP contribution in [-0.4, -0.2) is 41.6 Å². The van der Waals surface area contributed by atoms with Gasteiger partial charge in [-0.15, -0.1) is 0 Å². The number of piperidine rings is 1. The third kappa shape index (κ3) is 3.52. The lowest BCUT2D eigenvalue weighted by Gasteiger charge is -2.43. The minimum atomic E-state index is -0.893. The maximum absolute atomic E-state index is 11.0. The van der Waals surface area contributed by atoms with E-state index in [1.807, 2.05) is 60.7 Å². The third-order valence-corrected chi connectivity index (χ3v) is 4.98. The molecule has 3 rings (SSSR count). The van der Waals surface area contributed by atoms with Crippen LogP contribution in [0.15, 0.2) is 60.7 Å². The summed E-state index contributed by atoms with van der Waals surface area (Å²) in [5.74, 6) is 0. The highest BCUT2D eigenvalue weighted by atomic mass is 16.6. The standard InChI is InChI=1S/C20H25NO3/c1-24-19(22)18(16-8-4-2-5-9-16)21-14-12-20(23,13-15-21)17-10-6-3-7-11-17/h2-11,18-19,22-23H,12-15H2,1H3/t18-,19?/m1/s1. The zero-order chi connectivity index (χ0) is 17.0. The molecule has 1 aliphatic heterocycles. The summed E-state index contributed by atoms with van der Waals surface area (Å²) >= 11 is 0. The van der Waals surface area contributed by atoms with Crippen LogP contribution in [0, 0.1) is 0 Å². The molecule has 1 aliphatic rings. The van der Waals surface area contributed by atoms with E-state index in [0.29, 0.717) is 25.9 Å². The molecule has 0 spiro atoms. The molecule has 2 aromatic carbocycles. The molecule has 0 aromatic heterocycles. The van der Waals surface area contributed by atoms with Crippen molar-refractivity contribution in [3.8, 4) is 0 Å². The summed E-state index contributed by atoms with van der Waals surface area (Å²) < 4.78 is 5.21. The predicted octanol–water partition coefficient (Wildman–Crippen LogP) is 2.68. The molecule has 2 atom stereocenters. The van der Waals surface area contributed by atoms with E-state index in [-0.39, 0.29) is 6.04 Å². The van der Waals surface area contributed by atoms with Crippen molar-refractivity contribution in [2.45, 2.75) is 30.8 Å². The number of hydrogen-bond acceptors (Lipinski definition) is 4. The Morgan fingerprint density at radius 2 is 1.50 bits per heavy atom. The van der Waals surface area contributed by atoms with E-state index >= 15 is 0 Å². The van der Waals surface area contributed by atoms with Crippen LogP contribution in [0.25, 0.3) is 0 Å². The minimum absolute atomic E-state index is 0.225. The summed E-state index contributed by atoms with van der Waals surface area (Å²) in [4.78, 5) is 2.20. The normalized spacial score (nSPS) is 20.5. The van der Waals surface area contributed by atoms with E-state index in [1.165, 1.54) is 7.11 Å². The topological polar surface area (TPSA) is 52.9 Å². The summed E-state index contributed by atoms with van der Waals surface area (Å²) in [6.45, 7) is 1.40. The third-order valence-electron chi connectivity index (χ3n) is 4.98. The zero-order valence-corrected chi connectivity index (χ0v) is 14.0. The minimum Gasteiger partial charge on any atom is -0.385 e. The Kier molecular flexibility index (Phi) is 5.31. The monoisotopic (exact) mass is 327 g/mol. The van der Waals surface area contributed by atoms with Crippen molar-refractivity contribution < 1.29 is 14.9 Å². The van der Waals surface area contributed by atoms with Gasteiger partial charge in [-0.3, -0.25) is 4.90 Å². The molecular formula is C20H25NO3. The van der Waals surface area contributed by atoms with Gasteiger partial charge in [-0.05, 0) is 24.0 Å². The summed E-state index contributed by atoms with van der Waals surface area (Å²) in [6.07, 6.45) is 0.378. The molecule has 0 amide bonds. The first-order valence-corrected chi connectivity index (χ1v) is 8.42. The van der Waals surface area contributed by atoms with Crippen molar-refractivity contribution in [3.63, 3.8) is 0 Å². The predicted molar refractivity (Wildman–Crippen MR) is 93.3 cm³/mol. The lowest BCUT2D eigenvalue weighted by atomic mass is 9.83. The van der Waals surface area contributed by atoms with Crippen molar-refractivity contribution in [2.75, 3.05) is 20.2 Å². The maximum atomic E-state index is 11.0. The average molecular weight is 327 g/mol. The second kappa shape index (κ2) is 7.45. The van der Waals surface area contributed by atoms with E-state index in [4.69, 9.17) is 4.74 Å². The fourth-order valence-corrected chi connectivity index (χ4v) is 3.54. The Hall–Kier alpha value is -1.72. The van der Waals surface area contributed by atoms with Crippen molar-refractivity contribution in [1.82, 2.24) is 4.90 Å². The molecule has 0 aliphatic carbocycles. The smallest absolute Gasteiger partial charge is 0.174 e. The number of aliphatic hydroxyl groups excluding tert-OH is 1. The molecule has 1 heterocycles. The van der Waals surface area contributed by atoms with Crippen LogP contribution < -0.4 is 0 Å². The summed E-state index contributed by atoms with van der Waals surface area (Å²) in [6, 6.07) is 19.5. The van der Waals surface area contributed by atoms with Gasteiger partial charge in [0.2, 0.25) is 0 Å². The number of methoxy groups -OCH3 is 1. The van der Waals surface area contributed by atoms with Gasteiger partial charge in [-0.25, -0.2) is 0 Å². The van der Waals surface area contributed by atoms with Gasteiger partial charge in [-0.2, -0.15) is 0 Å². The molecular weight excluding hydrogens is 302 g/mol. The SMILES string of the molecule is COC(O)[C@@H](c1ccccc1)N1CCC(O)(c2ccccc2)CC1. The van der Waals surface area contributed by atoms with Crippen LogP contribution in [0.2, 0.25) is 0 Å². The number of likely N-dealkylation sites (tertiary alicyclic amines) is 1. The molecule has 2 N–H and O–H groups in total. The van der Waals surface area contributed by atoms with Gasteiger partial charge in [0.1, 0.15) is 0 Å². The van der Waals surface area contributed by atoms with Gasteiger partial charge >= 0.3 is 0 Å². The number of ether oxygens (including phenoxy) is 1. The number of nitrogens with zero attached hydrogens (tertiary/aromatic N) is 1. The van der Waals surface area contributed by atoms with Gasteiger partial charge in [0.25, 0.3) is 0 Å². The molecule has 0 saturated carbocycles. The molecule has 1 fully saturated rings. The number of aliphatic hydroxyl groups is 2. The van der Waals surface area contributed by atoms with E-state index in [9.17, 15) is 10.2 Å². The molecule has 2 aromatic rings. The first-order valence-electron chi connectivity index (χ1n) is 8.42. The fourth-order valence-electron chi connectivity index (χ4n) is 3.54. The molecule has 24 heavy (non-hydrogen) atoms. The highest BCUT2D eigenvalue weighted by molar-refractivity contribution is 5.24. The second-order valence-corrected chi connectivity index (χ2v) is 6.42. The van der Waals surface area contributed by atoms with E-state index in [0.717, 1.165) is 11.1 Å². The highest BCUT2D eigenvalue weighted by Gasteiger charge is 2.38. The largest absolute Gasteiger partial charge is 0.385 e. The fraction of sp³-hybridized carbons (Fsp3) is 0.400. The van der Waals surface area contributed by atoms with Gasteiger partial charge in [-0.1, -0.05) is 60.7 Å². The lowest BCUT2D eigenvalue weighted by Crippen LogP contribution is -2.47. The second-order valence-electron chi connectivity index (χ2n) is 6.42. The van der Waals surface area contributed by atoms with Crippen LogP contribution in [0.4, 0.5) is 0 Å². The maximum Gasteiger partial charge on any atom is 0.174 e. The van der Waals surface area contributed by atoms with Gasteiger partial charge in [0.05, 0.1) is 11.6 Å². The van der Waals surface area contributed by atoms with Crippen molar-refractivity contribution >= 4 is 0 Å². The Morgan fingerprint density at radius 1 is 0.958 bits per heavy atom. The first kappa shape index (κ1) is 17.1. The average Bonchev–Trinajstić information content (AvgIpc) is 2.65. The van der Waals surface area contributed by atoms with E-state index in [2.05, 4.69) is 4.90 Å². The summed E-state index contributed by atoms with van der Waals surface area (Å²) in [5, 5.41) is 21.3. The Balaban J connectivity index is 1.76. The van der Waals surface area contributed by atoms with Gasteiger partial charge in [0.15, 0.2) is 6.29 Å². The number of hydrogen-bond donors (Lipinski definition) is 2. The summed E-state index contributed by atoms with van der Waals surface area (Å²) in [7, 11) is 1.52. The quantitative estimate of drug-likeness (QED) is 0.829. The Bertz CT molecular complexity index is 624. The molecule has 128 valence electrons. The first-order chi connectivity index (χ1) is 11.6. The van der Waals surface area contributed by atoms with Crippen LogP contribution >= 0.6 is 0 Å². The molecule has 0 bridgehead atoms.